The van der Waals surface area contributed by atoms with Gasteiger partial charge in [-0.3, -0.25) is 9.36 Å². The molecule has 1 aliphatic rings. The van der Waals surface area contributed by atoms with Crippen LogP contribution in [-0.2, 0) is 13.9 Å². The summed E-state index contributed by atoms with van der Waals surface area (Å²) in [5.41, 5.74) is 0.642. The zero-order valence-electron chi connectivity index (χ0n) is 12.6. The standard InChI is InChI=1S/C15H19N2O4P/c1-3-21-22(20)14(9-10-18)11-17(16-15(22)12(2)19)13-7-5-4-6-8-13/h4-8,11,18H,3,9-10H2,1-2H3. The third-order valence-electron chi connectivity index (χ3n) is 3.15. The summed E-state index contributed by atoms with van der Waals surface area (Å²) < 4.78 is 18.5. The molecule has 118 valence electrons. The van der Waals surface area contributed by atoms with Crippen molar-refractivity contribution in [3.8, 4) is 0 Å². The maximum atomic E-state index is 13.1. The third kappa shape index (κ3) is 3.19. The number of hydrogen-bond donors (Lipinski definition) is 1. The number of carbonyl (C=O) groups is 1. The highest BCUT2D eigenvalue weighted by Crippen LogP contribution is 2.59. The quantitative estimate of drug-likeness (QED) is 0.815. The van der Waals surface area contributed by atoms with E-state index < -0.39 is 13.2 Å². The Morgan fingerprint density at radius 2 is 2.05 bits per heavy atom. The number of ketones is 1. The number of Topliss-reactive ketones (excluding diaryl/α,β-unsaturated/α-hetero) is 1. The highest BCUT2D eigenvalue weighted by molar-refractivity contribution is 7.83. The summed E-state index contributed by atoms with van der Waals surface area (Å²) >= 11 is 0. The molecule has 1 unspecified atom stereocenters. The van der Waals surface area contributed by atoms with Crippen molar-refractivity contribution in [2.24, 2.45) is 5.10 Å². The van der Waals surface area contributed by atoms with E-state index in [4.69, 9.17) is 4.52 Å². The maximum Gasteiger partial charge on any atom is 0.282 e. The number of hydrogen-bond acceptors (Lipinski definition) is 6. The minimum Gasteiger partial charge on any atom is -0.396 e. The van der Waals surface area contributed by atoms with Gasteiger partial charge in [0, 0.05) is 31.5 Å². The number of aliphatic hydroxyl groups is 1. The molecule has 7 heteroatoms. The highest BCUT2D eigenvalue weighted by Gasteiger charge is 2.41. The van der Waals surface area contributed by atoms with Crippen LogP contribution in [0.1, 0.15) is 20.3 Å². The van der Waals surface area contributed by atoms with Crippen LogP contribution in [0.2, 0.25) is 0 Å². The molecule has 0 amide bonds. The summed E-state index contributed by atoms with van der Waals surface area (Å²) in [5, 5.41) is 15.3. The lowest BCUT2D eigenvalue weighted by Gasteiger charge is -2.29. The van der Waals surface area contributed by atoms with Gasteiger partial charge in [-0.1, -0.05) is 18.2 Å². The zero-order valence-corrected chi connectivity index (χ0v) is 13.5. The van der Waals surface area contributed by atoms with Crippen molar-refractivity contribution in [1.29, 1.82) is 0 Å². The Balaban J connectivity index is 2.54. The molecule has 22 heavy (non-hydrogen) atoms. The average molecular weight is 322 g/mol. The molecule has 0 aliphatic carbocycles. The van der Waals surface area contributed by atoms with Crippen LogP contribution >= 0.6 is 7.37 Å². The first-order valence-electron chi connectivity index (χ1n) is 7.04. The molecule has 0 aromatic heterocycles. The maximum absolute atomic E-state index is 13.1. The Labute approximate surface area is 129 Å². The van der Waals surface area contributed by atoms with Gasteiger partial charge in [-0.2, -0.15) is 5.10 Å². The zero-order chi connectivity index (χ0) is 16.2. The smallest absolute Gasteiger partial charge is 0.282 e. The van der Waals surface area contributed by atoms with E-state index in [-0.39, 0.29) is 25.1 Å². The molecule has 0 radical (unpaired) electrons. The van der Waals surface area contributed by atoms with Crippen LogP contribution in [0.4, 0.5) is 5.69 Å². The summed E-state index contributed by atoms with van der Waals surface area (Å²) in [6.07, 6.45) is 1.74. The molecule has 0 bridgehead atoms. The van der Waals surface area contributed by atoms with Crippen molar-refractivity contribution < 1.29 is 19.0 Å². The van der Waals surface area contributed by atoms with Crippen LogP contribution in [0.5, 0.6) is 0 Å². The fourth-order valence-corrected chi connectivity index (χ4v) is 4.39. The van der Waals surface area contributed by atoms with Crippen LogP contribution in [0, 0.1) is 0 Å². The van der Waals surface area contributed by atoms with Gasteiger partial charge in [0.2, 0.25) is 0 Å². The van der Waals surface area contributed by atoms with Crippen molar-refractivity contribution in [1.82, 2.24) is 0 Å². The van der Waals surface area contributed by atoms with Gasteiger partial charge in [-0.05, 0) is 19.1 Å². The van der Waals surface area contributed by atoms with E-state index in [9.17, 15) is 14.5 Å². The molecule has 1 N–H and O–H groups in total. The fourth-order valence-electron chi connectivity index (χ4n) is 2.19. The van der Waals surface area contributed by atoms with Crippen LogP contribution in [0.3, 0.4) is 0 Å². The van der Waals surface area contributed by atoms with Gasteiger partial charge < -0.3 is 9.63 Å². The van der Waals surface area contributed by atoms with E-state index in [1.807, 2.05) is 30.3 Å². The molecule has 2 rings (SSSR count). The molecular formula is C15H19N2O4P. The lowest BCUT2D eigenvalue weighted by molar-refractivity contribution is -0.110. The van der Waals surface area contributed by atoms with Gasteiger partial charge in [0.1, 0.15) is 0 Å². The van der Waals surface area contributed by atoms with E-state index in [1.54, 1.807) is 13.1 Å². The Hall–Kier alpha value is -1.75. The van der Waals surface area contributed by atoms with E-state index in [1.165, 1.54) is 11.9 Å². The number of para-hydroxylation sites is 1. The van der Waals surface area contributed by atoms with Crippen molar-refractivity contribution >= 4 is 24.3 Å². The van der Waals surface area contributed by atoms with Gasteiger partial charge in [0.05, 0.1) is 12.3 Å². The summed E-state index contributed by atoms with van der Waals surface area (Å²) in [4.78, 5) is 11.9. The number of hydrazone groups is 1. The molecule has 6 nitrogen and oxygen atoms in total. The Morgan fingerprint density at radius 1 is 1.36 bits per heavy atom. The Morgan fingerprint density at radius 3 is 2.59 bits per heavy atom. The minimum atomic E-state index is -3.50. The number of rotatable bonds is 6. The Bertz CT molecular complexity index is 655. The first kappa shape index (κ1) is 16.6. The molecule has 0 saturated carbocycles. The monoisotopic (exact) mass is 322 g/mol. The molecule has 1 aromatic carbocycles. The van der Waals surface area contributed by atoms with E-state index in [0.717, 1.165) is 5.69 Å². The summed E-state index contributed by atoms with van der Waals surface area (Å²) in [6.45, 7) is 3.03. The molecule has 1 aromatic rings. The van der Waals surface area contributed by atoms with Crippen molar-refractivity contribution in [3.05, 3.63) is 41.8 Å². The molecule has 1 heterocycles. The average Bonchev–Trinajstić information content (AvgIpc) is 2.50. The lowest BCUT2D eigenvalue weighted by Crippen LogP contribution is -2.25. The number of anilines is 1. The minimum absolute atomic E-state index is 0.0934. The van der Waals surface area contributed by atoms with Crippen molar-refractivity contribution in [3.63, 3.8) is 0 Å². The second kappa shape index (κ2) is 7.01. The number of aliphatic hydroxyl groups excluding tert-OH is 1. The largest absolute Gasteiger partial charge is 0.396 e. The van der Waals surface area contributed by atoms with E-state index >= 15 is 0 Å². The predicted octanol–water partition coefficient (Wildman–Crippen LogP) is 2.95. The van der Waals surface area contributed by atoms with E-state index in [0.29, 0.717) is 5.31 Å². The van der Waals surface area contributed by atoms with Crippen LogP contribution < -0.4 is 5.01 Å². The van der Waals surface area contributed by atoms with Gasteiger partial charge in [0.25, 0.3) is 7.37 Å². The van der Waals surface area contributed by atoms with Crippen LogP contribution in [0.15, 0.2) is 46.9 Å². The number of benzene rings is 1. The normalized spacial score (nSPS) is 21.3. The first-order chi connectivity index (χ1) is 10.5. The first-order valence-corrected chi connectivity index (χ1v) is 8.66. The molecule has 1 atom stereocenters. The number of nitrogens with zero attached hydrogens (tertiary/aromatic N) is 2. The Kier molecular flexibility index (Phi) is 5.29. The third-order valence-corrected chi connectivity index (χ3v) is 5.82. The second-order valence-electron chi connectivity index (χ2n) is 4.72. The molecule has 0 spiro atoms. The summed E-state index contributed by atoms with van der Waals surface area (Å²) in [6, 6.07) is 9.20. The second-order valence-corrected chi connectivity index (χ2v) is 7.08. The fraction of sp³-hybridized carbons (Fsp3) is 0.333. The van der Waals surface area contributed by atoms with Gasteiger partial charge >= 0.3 is 0 Å². The molecule has 1 aliphatic heterocycles. The topological polar surface area (TPSA) is 79.2 Å². The van der Waals surface area contributed by atoms with Gasteiger partial charge in [-0.25, -0.2) is 5.01 Å². The van der Waals surface area contributed by atoms with Crippen LogP contribution in [0.25, 0.3) is 0 Å². The predicted molar refractivity (Wildman–Crippen MR) is 86.1 cm³/mol. The van der Waals surface area contributed by atoms with Gasteiger partial charge in [-0.15, -0.1) is 0 Å². The van der Waals surface area contributed by atoms with E-state index in [2.05, 4.69) is 5.10 Å². The molecule has 0 saturated heterocycles. The number of carbonyl (C=O) groups excluding carboxylic acids is 1. The molecule has 0 fully saturated rings. The highest BCUT2D eigenvalue weighted by atomic mass is 31.2. The van der Waals surface area contributed by atoms with Gasteiger partial charge in [0.15, 0.2) is 11.2 Å². The lowest BCUT2D eigenvalue weighted by atomic mass is 10.3. The van der Waals surface area contributed by atoms with Crippen LogP contribution in [-0.4, -0.2) is 29.6 Å². The molecular weight excluding hydrogens is 303 g/mol. The van der Waals surface area contributed by atoms with Crippen molar-refractivity contribution in [2.75, 3.05) is 18.2 Å². The SMILES string of the molecule is CCOP1(=O)C(CCO)=CN(c2ccccc2)N=C1C(C)=O. The summed E-state index contributed by atoms with van der Waals surface area (Å²) in [7, 11) is -3.50. The van der Waals surface area contributed by atoms with Crippen molar-refractivity contribution in [2.45, 2.75) is 20.3 Å². The summed E-state index contributed by atoms with van der Waals surface area (Å²) in [5.74, 6) is -0.402.